The van der Waals surface area contributed by atoms with Gasteiger partial charge in [-0.2, -0.15) is 0 Å². The second-order valence-electron chi connectivity index (χ2n) is 6.15. The largest absolute Gasteiger partial charge is 0.312 e. The number of sulfonamides is 1. The van der Waals surface area contributed by atoms with Crippen LogP contribution in [0, 0.1) is 20.8 Å². The molecule has 1 aromatic rings. The van der Waals surface area contributed by atoms with E-state index in [1.807, 2.05) is 19.9 Å². The maximum atomic E-state index is 12.4. The minimum atomic E-state index is -3.56. The van der Waals surface area contributed by atoms with Crippen LogP contribution in [0.3, 0.4) is 0 Å². The average molecular weight is 361 g/mol. The quantitative estimate of drug-likeness (QED) is 0.728. The van der Waals surface area contributed by atoms with Crippen molar-refractivity contribution in [2.75, 3.05) is 24.6 Å². The standard InChI is InChI=1S/C15H24N2O4S2/c1-11-8-13(3)15(9-12(11)2)23(20,21)17-6-5-16-14-4-7-22(18,19)10-14/h8-9,14,16-17H,4-7,10H2,1-3H3/t14-/m1/s1. The van der Waals surface area contributed by atoms with Gasteiger partial charge in [-0.15, -0.1) is 0 Å². The number of rotatable bonds is 6. The van der Waals surface area contributed by atoms with Crippen LogP contribution in [0.5, 0.6) is 0 Å². The molecule has 1 aromatic carbocycles. The summed E-state index contributed by atoms with van der Waals surface area (Å²) in [4.78, 5) is 0.295. The topological polar surface area (TPSA) is 92.3 Å². The van der Waals surface area contributed by atoms with E-state index in [-0.39, 0.29) is 24.1 Å². The summed E-state index contributed by atoms with van der Waals surface area (Å²) < 4.78 is 50.1. The molecule has 1 aliphatic heterocycles. The lowest BCUT2D eigenvalue weighted by Crippen LogP contribution is -2.37. The van der Waals surface area contributed by atoms with Gasteiger partial charge in [0.2, 0.25) is 10.0 Å². The zero-order valence-corrected chi connectivity index (χ0v) is 15.4. The molecular weight excluding hydrogens is 336 g/mol. The molecule has 0 amide bonds. The van der Waals surface area contributed by atoms with E-state index in [1.54, 1.807) is 13.0 Å². The molecule has 6 nitrogen and oxygen atoms in total. The van der Waals surface area contributed by atoms with Gasteiger partial charge in [-0.25, -0.2) is 21.6 Å². The first-order valence-corrected chi connectivity index (χ1v) is 10.9. The first kappa shape index (κ1) is 18.4. The molecule has 0 spiro atoms. The highest BCUT2D eigenvalue weighted by molar-refractivity contribution is 7.91. The predicted molar refractivity (Wildman–Crippen MR) is 90.9 cm³/mol. The fourth-order valence-corrected chi connectivity index (χ4v) is 5.77. The van der Waals surface area contributed by atoms with E-state index in [1.165, 1.54) is 0 Å². The van der Waals surface area contributed by atoms with E-state index in [4.69, 9.17) is 0 Å². The summed E-state index contributed by atoms with van der Waals surface area (Å²) in [5.74, 6) is 0.342. The van der Waals surface area contributed by atoms with Crippen LogP contribution in [0.25, 0.3) is 0 Å². The van der Waals surface area contributed by atoms with Crippen molar-refractivity contribution in [3.05, 3.63) is 28.8 Å². The second kappa shape index (κ2) is 6.88. The van der Waals surface area contributed by atoms with E-state index in [0.29, 0.717) is 17.9 Å². The van der Waals surface area contributed by atoms with Crippen molar-refractivity contribution < 1.29 is 16.8 Å². The summed E-state index contributed by atoms with van der Waals surface area (Å²) in [7, 11) is -6.48. The zero-order valence-electron chi connectivity index (χ0n) is 13.7. The van der Waals surface area contributed by atoms with Gasteiger partial charge in [-0.1, -0.05) is 6.07 Å². The highest BCUT2D eigenvalue weighted by Gasteiger charge is 2.27. The lowest BCUT2D eigenvalue weighted by atomic mass is 10.1. The monoisotopic (exact) mass is 360 g/mol. The summed E-state index contributed by atoms with van der Waals surface area (Å²) in [6, 6.07) is 3.48. The van der Waals surface area contributed by atoms with Crippen molar-refractivity contribution in [3.63, 3.8) is 0 Å². The van der Waals surface area contributed by atoms with Crippen LogP contribution in [0.2, 0.25) is 0 Å². The van der Waals surface area contributed by atoms with E-state index in [0.717, 1.165) is 16.7 Å². The minimum Gasteiger partial charge on any atom is -0.312 e. The van der Waals surface area contributed by atoms with Gasteiger partial charge in [0.25, 0.3) is 0 Å². The Morgan fingerprint density at radius 3 is 2.35 bits per heavy atom. The van der Waals surface area contributed by atoms with Gasteiger partial charge < -0.3 is 5.32 Å². The molecular formula is C15H24N2O4S2. The number of hydrogen-bond acceptors (Lipinski definition) is 5. The van der Waals surface area contributed by atoms with E-state index in [2.05, 4.69) is 10.0 Å². The zero-order chi connectivity index (χ0) is 17.3. The lowest BCUT2D eigenvalue weighted by molar-refractivity contribution is 0.542. The van der Waals surface area contributed by atoms with Gasteiger partial charge in [0.1, 0.15) is 0 Å². The molecule has 1 heterocycles. The number of sulfone groups is 1. The molecule has 0 saturated carbocycles. The van der Waals surface area contributed by atoms with Gasteiger partial charge >= 0.3 is 0 Å². The third kappa shape index (κ3) is 4.76. The molecule has 0 bridgehead atoms. The average Bonchev–Trinajstić information content (AvgIpc) is 2.78. The maximum absolute atomic E-state index is 12.4. The van der Waals surface area contributed by atoms with Gasteiger partial charge in [0.15, 0.2) is 9.84 Å². The van der Waals surface area contributed by atoms with Crippen molar-refractivity contribution in [1.82, 2.24) is 10.0 Å². The van der Waals surface area contributed by atoms with Crippen LogP contribution in [0.1, 0.15) is 23.1 Å². The Morgan fingerprint density at radius 1 is 1.09 bits per heavy atom. The molecule has 130 valence electrons. The van der Waals surface area contributed by atoms with Crippen LogP contribution < -0.4 is 10.0 Å². The van der Waals surface area contributed by atoms with Crippen molar-refractivity contribution in [2.45, 2.75) is 38.1 Å². The number of aryl methyl sites for hydroxylation is 3. The molecule has 0 aliphatic carbocycles. The summed E-state index contributed by atoms with van der Waals surface area (Å²) >= 11 is 0. The van der Waals surface area contributed by atoms with Gasteiger partial charge in [0.05, 0.1) is 16.4 Å². The maximum Gasteiger partial charge on any atom is 0.240 e. The molecule has 0 radical (unpaired) electrons. The van der Waals surface area contributed by atoms with Crippen LogP contribution in [0.15, 0.2) is 17.0 Å². The fourth-order valence-electron chi connectivity index (χ4n) is 2.72. The van der Waals surface area contributed by atoms with Crippen molar-refractivity contribution >= 4 is 19.9 Å². The minimum absolute atomic E-state index is 0.0761. The molecule has 0 aromatic heterocycles. The van der Waals surface area contributed by atoms with Crippen LogP contribution in [-0.2, 0) is 19.9 Å². The van der Waals surface area contributed by atoms with Crippen molar-refractivity contribution in [1.29, 1.82) is 0 Å². The highest BCUT2D eigenvalue weighted by atomic mass is 32.2. The molecule has 1 fully saturated rings. The number of nitrogens with one attached hydrogen (secondary N) is 2. The first-order valence-electron chi connectivity index (χ1n) is 7.62. The summed E-state index contributed by atoms with van der Waals surface area (Å²) in [5, 5.41) is 3.09. The van der Waals surface area contributed by atoms with Crippen LogP contribution >= 0.6 is 0 Å². The summed E-state index contributed by atoms with van der Waals surface area (Å²) in [5.41, 5.74) is 2.71. The number of hydrogen-bond donors (Lipinski definition) is 2. The van der Waals surface area contributed by atoms with Crippen molar-refractivity contribution in [3.8, 4) is 0 Å². The van der Waals surface area contributed by atoms with Crippen molar-refractivity contribution in [2.24, 2.45) is 0 Å². The first-order chi connectivity index (χ1) is 10.6. The van der Waals surface area contributed by atoms with E-state index < -0.39 is 19.9 Å². The molecule has 8 heteroatoms. The second-order valence-corrected chi connectivity index (χ2v) is 10.1. The van der Waals surface area contributed by atoms with Crippen LogP contribution in [-0.4, -0.2) is 47.5 Å². The Morgan fingerprint density at radius 2 is 1.74 bits per heavy atom. The van der Waals surface area contributed by atoms with E-state index in [9.17, 15) is 16.8 Å². The summed E-state index contributed by atoms with van der Waals surface area (Å²) in [6.45, 7) is 6.25. The number of benzene rings is 1. The molecule has 1 atom stereocenters. The van der Waals surface area contributed by atoms with Gasteiger partial charge in [0, 0.05) is 19.1 Å². The Balaban J connectivity index is 1.91. The molecule has 23 heavy (non-hydrogen) atoms. The molecule has 0 unspecified atom stereocenters. The fraction of sp³-hybridized carbons (Fsp3) is 0.600. The van der Waals surface area contributed by atoms with Gasteiger partial charge in [-0.05, 0) is 49.9 Å². The Bertz CT molecular complexity index is 786. The molecule has 1 saturated heterocycles. The highest BCUT2D eigenvalue weighted by Crippen LogP contribution is 2.19. The Labute approximate surface area is 138 Å². The van der Waals surface area contributed by atoms with Crippen LogP contribution in [0.4, 0.5) is 0 Å². The molecule has 1 aliphatic rings. The smallest absolute Gasteiger partial charge is 0.240 e. The SMILES string of the molecule is Cc1cc(C)c(S(=O)(=O)NCCN[C@@H]2CCS(=O)(=O)C2)cc1C. The van der Waals surface area contributed by atoms with Gasteiger partial charge in [-0.3, -0.25) is 0 Å². The normalized spacial score (nSPS) is 20.7. The summed E-state index contributed by atoms with van der Waals surface area (Å²) in [6.07, 6.45) is 0.589. The molecule has 2 rings (SSSR count). The Hall–Kier alpha value is -0.960. The third-order valence-corrected chi connectivity index (χ3v) is 7.53. The predicted octanol–water partition coefficient (Wildman–Crippen LogP) is 0.667. The van der Waals surface area contributed by atoms with E-state index >= 15 is 0 Å². The Kier molecular flexibility index (Phi) is 5.50. The third-order valence-electron chi connectivity index (χ3n) is 4.16. The lowest BCUT2D eigenvalue weighted by Gasteiger charge is -2.13. The molecule has 2 N–H and O–H groups in total.